The summed E-state index contributed by atoms with van der Waals surface area (Å²) in [5, 5.41) is 5.28. The number of rotatable bonds is 1. The van der Waals surface area contributed by atoms with Gasteiger partial charge in [-0.25, -0.2) is 0 Å². The molecule has 5 heteroatoms. The third kappa shape index (κ3) is 2.28. The highest BCUT2D eigenvalue weighted by molar-refractivity contribution is 6.35. The fourth-order valence-electron chi connectivity index (χ4n) is 2.43. The lowest BCUT2D eigenvalue weighted by atomic mass is 9.90. The Morgan fingerprint density at radius 2 is 2.10 bits per heavy atom. The van der Waals surface area contributed by atoms with E-state index in [0.29, 0.717) is 22.0 Å². The SMILES string of the molecule is Cn1ncc2c1CCC(=Cc1ccc(Cl)cc1Cl)C2=O. The first-order valence-electron chi connectivity index (χ1n) is 6.27. The Labute approximate surface area is 126 Å². The van der Waals surface area contributed by atoms with Crippen molar-refractivity contribution in [2.75, 3.05) is 0 Å². The highest BCUT2D eigenvalue weighted by atomic mass is 35.5. The molecule has 0 atom stereocenters. The number of carbonyl (C=O) groups is 1. The maximum Gasteiger partial charge on any atom is 0.192 e. The van der Waals surface area contributed by atoms with Gasteiger partial charge in [-0.15, -0.1) is 0 Å². The van der Waals surface area contributed by atoms with E-state index >= 15 is 0 Å². The van der Waals surface area contributed by atoms with Crippen molar-refractivity contribution in [1.29, 1.82) is 0 Å². The Hall–Kier alpha value is -1.58. The molecule has 102 valence electrons. The van der Waals surface area contributed by atoms with Crippen LogP contribution in [0.4, 0.5) is 0 Å². The number of allylic oxidation sites excluding steroid dienone is 1. The molecule has 0 radical (unpaired) electrons. The highest BCUT2D eigenvalue weighted by Gasteiger charge is 2.25. The molecular formula is C15H12Cl2N2O. The molecule has 1 heterocycles. The molecule has 0 aliphatic heterocycles. The van der Waals surface area contributed by atoms with Crippen molar-refractivity contribution in [3.8, 4) is 0 Å². The number of nitrogens with zero attached hydrogens (tertiary/aromatic N) is 2. The van der Waals surface area contributed by atoms with Crippen LogP contribution in [0.25, 0.3) is 6.08 Å². The van der Waals surface area contributed by atoms with Gasteiger partial charge in [-0.2, -0.15) is 5.10 Å². The summed E-state index contributed by atoms with van der Waals surface area (Å²) in [7, 11) is 1.86. The minimum absolute atomic E-state index is 0.0327. The van der Waals surface area contributed by atoms with Crippen molar-refractivity contribution in [1.82, 2.24) is 9.78 Å². The van der Waals surface area contributed by atoms with Gasteiger partial charge in [0.1, 0.15) is 0 Å². The van der Waals surface area contributed by atoms with Crippen molar-refractivity contribution >= 4 is 35.1 Å². The molecule has 0 spiro atoms. The predicted octanol–water partition coefficient (Wildman–Crippen LogP) is 3.94. The molecule has 0 N–H and O–H groups in total. The van der Waals surface area contributed by atoms with Gasteiger partial charge in [-0.05, 0) is 36.6 Å². The van der Waals surface area contributed by atoms with Crippen LogP contribution in [0.1, 0.15) is 28.0 Å². The van der Waals surface area contributed by atoms with E-state index in [1.807, 2.05) is 19.2 Å². The fourth-order valence-corrected chi connectivity index (χ4v) is 2.90. The summed E-state index contributed by atoms with van der Waals surface area (Å²) in [4.78, 5) is 12.4. The van der Waals surface area contributed by atoms with Crippen molar-refractivity contribution in [3.63, 3.8) is 0 Å². The Bertz CT molecular complexity index is 731. The standard InChI is InChI=1S/C15H12Cl2N2O/c1-19-14-5-3-10(15(20)12(14)8-18-19)6-9-2-4-11(16)7-13(9)17/h2,4,6-8H,3,5H2,1H3. The highest BCUT2D eigenvalue weighted by Crippen LogP contribution is 2.29. The molecule has 3 nitrogen and oxygen atoms in total. The monoisotopic (exact) mass is 306 g/mol. The van der Waals surface area contributed by atoms with Crippen molar-refractivity contribution in [3.05, 3.63) is 56.8 Å². The maximum atomic E-state index is 12.4. The van der Waals surface area contributed by atoms with Gasteiger partial charge in [0.15, 0.2) is 5.78 Å². The lowest BCUT2D eigenvalue weighted by Crippen LogP contribution is -2.15. The van der Waals surface area contributed by atoms with E-state index in [2.05, 4.69) is 5.10 Å². The number of carbonyl (C=O) groups excluding carboxylic acids is 1. The number of Topliss-reactive ketones (excluding diaryl/α,β-unsaturated/α-hetero) is 1. The van der Waals surface area contributed by atoms with Gasteiger partial charge in [-0.1, -0.05) is 29.3 Å². The Balaban J connectivity index is 2.00. The van der Waals surface area contributed by atoms with Crippen LogP contribution in [-0.4, -0.2) is 15.6 Å². The smallest absolute Gasteiger partial charge is 0.192 e. The summed E-state index contributed by atoms with van der Waals surface area (Å²) >= 11 is 12.0. The van der Waals surface area contributed by atoms with Crippen LogP contribution in [0, 0.1) is 0 Å². The van der Waals surface area contributed by atoms with E-state index in [0.717, 1.165) is 23.3 Å². The van der Waals surface area contributed by atoms with E-state index in [-0.39, 0.29) is 5.78 Å². The molecule has 1 aliphatic carbocycles. The van der Waals surface area contributed by atoms with Crippen molar-refractivity contribution in [2.45, 2.75) is 12.8 Å². The minimum Gasteiger partial charge on any atom is -0.289 e. The summed E-state index contributed by atoms with van der Waals surface area (Å²) in [6.45, 7) is 0. The van der Waals surface area contributed by atoms with Gasteiger partial charge >= 0.3 is 0 Å². The molecular weight excluding hydrogens is 295 g/mol. The van der Waals surface area contributed by atoms with Crippen LogP contribution in [-0.2, 0) is 13.5 Å². The largest absolute Gasteiger partial charge is 0.289 e. The van der Waals surface area contributed by atoms with Gasteiger partial charge < -0.3 is 0 Å². The van der Waals surface area contributed by atoms with Gasteiger partial charge in [0.05, 0.1) is 11.8 Å². The molecule has 0 amide bonds. The van der Waals surface area contributed by atoms with Crippen LogP contribution in [0.15, 0.2) is 30.0 Å². The quantitative estimate of drug-likeness (QED) is 0.748. The molecule has 3 rings (SSSR count). The maximum absolute atomic E-state index is 12.4. The second-order valence-corrected chi connectivity index (χ2v) is 5.64. The molecule has 2 aromatic rings. The molecule has 1 aromatic carbocycles. The van der Waals surface area contributed by atoms with Crippen LogP contribution in [0.3, 0.4) is 0 Å². The number of hydrogen-bond donors (Lipinski definition) is 0. The molecule has 1 aromatic heterocycles. The van der Waals surface area contributed by atoms with Gasteiger partial charge in [-0.3, -0.25) is 9.48 Å². The lowest BCUT2D eigenvalue weighted by molar-refractivity contribution is 0.102. The van der Waals surface area contributed by atoms with Crippen LogP contribution in [0.2, 0.25) is 10.0 Å². The van der Waals surface area contributed by atoms with Crippen LogP contribution in [0.5, 0.6) is 0 Å². The zero-order valence-electron chi connectivity index (χ0n) is 10.9. The number of aromatic nitrogens is 2. The average Bonchev–Trinajstić information content (AvgIpc) is 2.78. The molecule has 0 saturated heterocycles. The van der Waals surface area contributed by atoms with E-state index in [1.54, 1.807) is 23.0 Å². The molecule has 0 saturated carbocycles. The first kappa shape index (κ1) is 13.4. The normalized spacial score (nSPS) is 16.6. The van der Waals surface area contributed by atoms with Crippen molar-refractivity contribution < 1.29 is 4.79 Å². The number of ketones is 1. The first-order valence-corrected chi connectivity index (χ1v) is 7.03. The van der Waals surface area contributed by atoms with Crippen LogP contribution >= 0.6 is 23.2 Å². The predicted molar refractivity (Wildman–Crippen MR) is 80.3 cm³/mol. The number of halogens is 2. The Morgan fingerprint density at radius 1 is 1.30 bits per heavy atom. The number of fused-ring (bicyclic) bond motifs is 1. The molecule has 1 aliphatic rings. The summed E-state index contributed by atoms with van der Waals surface area (Å²) in [5.41, 5.74) is 3.26. The second kappa shape index (κ2) is 5.08. The van der Waals surface area contributed by atoms with E-state index in [4.69, 9.17) is 23.2 Å². The first-order chi connectivity index (χ1) is 9.56. The van der Waals surface area contributed by atoms with E-state index in [9.17, 15) is 4.79 Å². The van der Waals surface area contributed by atoms with Gasteiger partial charge in [0.2, 0.25) is 0 Å². The minimum atomic E-state index is 0.0327. The number of benzene rings is 1. The third-order valence-electron chi connectivity index (χ3n) is 3.52. The number of hydrogen-bond acceptors (Lipinski definition) is 2. The van der Waals surface area contributed by atoms with Gasteiger partial charge in [0, 0.05) is 28.4 Å². The zero-order valence-corrected chi connectivity index (χ0v) is 12.4. The second-order valence-electron chi connectivity index (χ2n) is 4.79. The lowest BCUT2D eigenvalue weighted by Gasteiger charge is -2.14. The van der Waals surface area contributed by atoms with E-state index in [1.165, 1.54) is 0 Å². The summed E-state index contributed by atoms with van der Waals surface area (Å²) < 4.78 is 1.76. The molecule has 0 fully saturated rings. The Morgan fingerprint density at radius 3 is 2.85 bits per heavy atom. The molecule has 0 bridgehead atoms. The van der Waals surface area contributed by atoms with Gasteiger partial charge in [0.25, 0.3) is 0 Å². The summed E-state index contributed by atoms with van der Waals surface area (Å²) in [6, 6.07) is 5.27. The Kier molecular flexibility index (Phi) is 3.40. The fraction of sp³-hybridized carbons (Fsp3) is 0.200. The topological polar surface area (TPSA) is 34.9 Å². The zero-order chi connectivity index (χ0) is 14.3. The molecule has 0 unspecified atom stereocenters. The average molecular weight is 307 g/mol. The van der Waals surface area contributed by atoms with E-state index < -0.39 is 0 Å². The molecule has 20 heavy (non-hydrogen) atoms. The summed E-state index contributed by atoms with van der Waals surface area (Å²) in [6.07, 6.45) is 4.99. The number of aryl methyl sites for hydroxylation is 1. The third-order valence-corrected chi connectivity index (χ3v) is 4.08. The van der Waals surface area contributed by atoms with Crippen LogP contribution < -0.4 is 0 Å². The summed E-state index contributed by atoms with van der Waals surface area (Å²) in [5.74, 6) is 0.0327. The van der Waals surface area contributed by atoms with Crippen molar-refractivity contribution in [2.24, 2.45) is 7.05 Å².